The fourth-order valence-corrected chi connectivity index (χ4v) is 9.05. The highest BCUT2D eigenvalue weighted by molar-refractivity contribution is 6.20. The van der Waals surface area contributed by atoms with E-state index in [1.807, 2.05) is 18.7 Å². The summed E-state index contributed by atoms with van der Waals surface area (Å²) in [7, 11) is 1.47. The number of ether oxygens (including phenoxy) is 1. The summed E-state index contributed by atoms with van der Waals surface area (Å²) in [5.41, 5.74) is -0.0609. The molecule has 2 saturated carbocycles. The smallest absolute Gasteiger partial charge is 0.257 e. The molecule has 222 valence electrons. The van der Waals surface area contributed by atoms with E-state index in [0.29, 0.717) is 37.3 Å². The SMILES string of the molecule is COc1ccc(C(=O)N2[C@H](C)CN(C(=O)C3CNC4CCC(Cl)CC43C3CCCCCCCC3)C[C@H]2C)c(F)c1. The molecular formula is C32H47ClFN3O3. The number of benzene rings is 1. The van der Waals surface area contributed by atoms with Crippen LogP contribution in [0.1, 0.15) is 94.8 Å². The first-order chi connectivity index (χ1) is 19.3. The number of alkyl halides is 1. The van der Waals surface area contributed by atoms with Crippen LogP contribution in [0.5, 0.6) is 5.75 Å². The highest BCUT2D eigenvalue weighted by atomic mass is 35.5. The standard InChI is InChI=1S/C32H47ClFN3O3/c1-21-19-36(20-22(2)37(21)30(38)26-14-13-25(40-3)16-28(26)34)31(39)27-18-35-29-15-12-24(33)17-32(27,29)23-10-8-6-4-5-7-9-11-23/h13-14,16,21-24,27,29,35H,4-12,15,17-20H2,1-3H3/t21-,22-,24?,27?,29?,32?/m1/s1. The molecule has 2 amide bonds. The lowest BCUT2D eigenvalue weighted by molar-refractivity contribution is -0.145. The van der Waals surface area contributed by atoms with Gasteiger partial charge in [0.05, 0.1) is 18.6 Å². The lowest BCUT2D eigenvalue weighted by atomic mass is 9.56. The second kappa shape index (κ2) is 12.6. The van der Waals surface area contributed by atoms with Crippen LogP contribution in [0, 0.1) is 23.1 Å². The first-order valence-corrected chi connectivity index (χ1v) is 16.0. The van der Waals surface area contributed by atoms with Gasteiger partial charge < -0.3 is 19.9 Å². The molecule has 0 aromatic heterocycles. The summed E-state index contributed by atoms with van der Waals surface area (Å²) in [5, 5.41) is 3.92. The number of nitrogens with one attached hydrogen (secondary N) is 1. The van der Waals surface area contributed by atoms with Crippen LogP contribution in [0.3, 0.4) is 0 Å². The maximum atomic E-state index is 14.8. The first kappa shape index (κ1) is 29.6. The lowest BCUT2D eigenvalue weighted by Gasteiger charge is -2.51. The number of hydrogen-bond acceptors (Lipinski definition) is 4. The van der Waals surface area contributed by atoms with E-state index >= 15 is 0 Å². The minimum atomic E-state index is -0.588. The van der Waals surface area contributed by atoms with E-state index in [1.54, 1.807) is 11.0 Å². The molecule has 2 aliphatic carbocycles. The van der Waals surface area contributed by atoms with Crippen LogP contribution in [-0.4, -0.2) is 71.9 Å². The molecule has 0 bridgehead atoms. The van der Waals surface area contributed by atoms with E-state index in [1.165, 1.54) is 70.6 Å². The number of carbonyl (C=O) groups excluding carboxylic acids is 2. The maximum absolute atomic E-state index is 14.8. The Labute approximate surface area is 244 Å². The topological polar surface area (TPSA) is 61.9 Å². The zero-order chi connectivity index (χ0) is 28.4. The van der Waals surface area contributed by atoms with Crippen LogP contribution in [0.25, 0.3) is 0 Å². The number of piperazine rings is 1. The van der Waals surface area contributed by atoms with Crippen molar-refractivity contribution in [2.45, 2.75) is 108 Å². The molecule has 6 nitrogen and oxygen atoms in total. The van der Waals surface area contributed by atoms with Crippen molar-refractivity contribution in [2.24, 2.45) is 17.3 Å². The summed E-state index contributed by atoms with van der Waals surface area (Å²) >= 11 is 6.91. The molecule has 4 unspecified atom stereocenters. The van der Waals surface area contributed by atoms with Gasteiger partial charge >= 0.3 is 0 Å². The van der Waals surface area contributed by atoms with Crippen LogP contribution in [0.15, 0.2) is 18.2 Å². The molecule has 1 N–H and O–H groups in total. The van der Waals surface area contributed by atoms with Crippen LogP contribution in [-0.2, 0) is 4.79 Å². The molecule has 1 aromatic rings. The van der Waals surface area contributed by atoms with Gasteiger partial charge in [0.15, 0.2) is 0 Å². The summed E-state index contributed by atoms with van der Waals surface area (Å²) < 4.78 is 19.9. The zero-order valence-electron chi connectivity index (χ0n) is 24.5. The molecule has 1 aromatic carbocycles. The number of methoxy groups -OCH3 is 1. The van der Waals surface area contributed by atoms with Gasteiger partial charge in [0.1, 0.15) is 11.6 Å². The van der Waals surface area contributed by atoms with Gasteiger partial charge in [-0.2, -0.15) is 0 Å². The van der Waals surface area contributed by atoms with Gasteiger partial charge in [0.2, 0.25) is 5.91 Å². The van der Waals surface area contributed by atoms with Gasteiger partial charge in [-0.15, -0.1) is 11.6 Å². The van der Waals surface area contributed by atoms with E-state index in [0.717, 1.165) is 19.3 Å². The minimum Gasteiger partial charge on any atom is -0.497 e. The van der Waals surface area contributed by atoms with Crippen molar-refractivity contribution in [1.82, 2.24) is 15.1 Å². The van der Waals surface area contributed by atoms with Crippen molar-refractivity contribution >= 4 is 23.4 Å². The fraction of sp³-hybridized carbons (Fsp3) is 0.750. The highest BCUT2D eigenvalue weighted by Gasteiger charge is 2.59. The van der Waals surface area contributed by atoms with Gasteiger partial charge in [-0.1, -0.05) is 38.5 Å². The van der Waals surface area contributed by atoms with Crippen molar-refractivity contribution in [3.8, 4) is 5.75 Å². The van der Waals surface area contributed by atoms with Crippen LogP contribution >= 0.6 is 11.6 Å². The molecule has 8 heteroatoms. The average molecular weight is 576 g/mol. The monoisotopic (exact) mass is 575 g/mol. The van der Waals surface area contributed by atoms with Crippen LogP contribution < -0.4 is 10.1 Å². The van der Waals surface area contributed by atoms with Crippen LogP contribution in [0.2, 0.25) is 0 Å². The summed E-state index contributed by atoms with van der Waals surface area (Å²) in [4.78, 5) is 31.7. The average Bonchev–Trinajstić information content (AvgIpc) is 3.37. The second-order valence-corrected chi connectivity index (χ2v) is 13.5. The predicted molar refractivity (Wildman–Crippen MR) is 156 cm³/mol. The maximum Gasteiger partial charge on any atom is 0.257 e. The Hall–Kier alpha value is -1.86. The molecule has 2 saturated heterocycles. The molecule has 5 rings (SSSR count). The Balaban J connectivity index is 1.36. The van der Waals surface area contributed by atoms with Gasteiger partial charge in [0, 0.05) is 54.6 Å². The van der Waals surface area contributed by atoms with E-state index in [4.69, 9.17) is 16.3 Å². The Morgan fingerprint density at radius 3 is 2.27 bits per heavy atom. The number of halogens is 2. The number of amides is 2. The molecule has 0 radical (unpaired) electrons. The van der Waals surface area contributed by atoms with Crippen LogP contribution in [0.4, 0.5) is 4.39 Å². The second-order valence-electron chi connectivity index (χ2n) is 12.9. The fourth-order valence-electron chi connectivity index (χ4n) is 8.65. The normalized spacial score (nSPS) is 34.0. The number of rotatable bonds is 4. The van der Waals surface area contributed by atoms with E-state index < -0.39 is 5.82 Å². The van der Waals surface area contributed by atoms with Crippen molar-refractivity contribution in [1.29, 1.82) is 0 Å². The number of nitrogens with zero attached hydrogens (tertiary/aromatic N) is 2. The summed E-state index contributed by atoms with van der Waals surface area (Å²) in [5.74, 6) is 0.0820. The van der Waals surface area contributed by atoms with Gasteiger partial charge in [-0.05, 0) is 64.0 Å². The number of carbonyl (C=O) groups is 2. The van der Waals surface area contributed by atoms with E-state index in [-0.39, 0.29) is 46.2 Å². The summed E-state index contributed by atoms with van der Waals surface area (Å²) in [6.45, 7) is 5.56. The number of hydrogen-bond donors (Lipinski definition) is 1. The largest absolute Gasteiger partial charge is 0.497 e. The van der Waals surface area contributed by atoms with Crippen molar-refractivity contribution in [3.05, 3.63) is 29.6 Å². The van der Waals surface area contributed by atoms with Crippen molar-refractivity contribution in [3.63, 3.8) is 0 Å². The summed E-state index contributed by atoms with van der Waals surface area (Å²) in [6.07, 6.45) is 13.0. The molecule has 6 atom stereocenters. The quantitative estimate of drug-likeness (QED) is 0.447. The Kier molecular flexibility index (Phi) is 9.30. The van der Waals surface area contributed by atoms with Gasteiger partial charge in [-0.3, -0.25) is 9.59 Å². The predicted octanol–water partition coefficient (Wildman–Crippen LogP) is 6.01. The third kappa shape index (κ3) is 5.62. The molecule has 2 aliphatic heterocycles. The number of fused-ring (bicyclic) bond motifs is 1. The highest BCUT2D eigenvalue weighted by Crippen LogP contribution is 2.56. The molecule has 2 heterocycles. The molecular weight excluding hydrogens is 529 g/mol. The summed E-state index contributed by atoms with van der Waals surface area (Å²) in [6, 6.07) is 4.25. The molecule has 4 aliphatic rings. The minimum absolute atomic E-state index is 0.0385. The zero-order valence-corrected chi connectivity index (χ0v) is 25.2. The van der Waals surface area contributed by atoms with Crippen molar-refractivity contribution < 1.29 is 18.7 Å². The third-order valence-corrected chi connectivity index (χ3v) is 10.9. The van der Waals surface area contributed by atoms with Gasteiger partial charge in [0.25, 0.3) is 5.91 Å². The van der Waals surface area contributed by atoms with Crippen molar-refractivity contribution in [2.75, 3.05) is 26.7 Å². The third-order valence-electron chi connectivity index (χ3n) is 10.5. The van der Waals surface area contributed by atoms with Gasteiger partial charge in [-0.25, -0.2) is 4.39 Å². The molecule has 0 spiro atoms. The molecule has 4 fully saturated rings. The van der Waals surface area contributed by atoms with E-state index in [2.05, 4.69) is 5.32 Å². The van der Waals surface area contributed by atoms with E-state index in [9.17, 15) is 14.0 Å². The Bertz CT molecular complexity index is 1050. The first-order valence-electron chi connectivity index (χ1n) is 15.6. The Morgan fingerprint density at radius 2 is 1.65 bits per heavy atom. The lowest BCUT2D eigenvalue weighted by Crippen LogP contribution is -2.62. The Morgan fingerprint density at radius 1 is 1.00 bits per heavy atom. The molecule has 40 heavy (non-hydrogen) atoms.